The summed E-state index contributed by atoms with van der Waals surface area (Å²) < 4.78 is 59.8. The first kappa shape index (κ1) is 17.6. The molecule has 6 nitrogen and oxygen atoms in total. The number of methoxy groups -OCH3 is 1. The number of carbonyl (C=O) groups is 1. The van der Waals surface area contributed by atoms with Gasteiger partial charge >= 0.3 is 0 Å². The maximum absolute atomic E-state index is 15.0. The maximum Gasteiger partial charge on any atom is 0.265 e. The highest BCUT2D eigenvalue weighted by Gasteiger charge is 2.72. The highest BCUT2D eigenvalue weighted by molar-refractivity contribution is 7.89. The predicted molar refractivity (Wildman–Crippen MR) is 76.3 cm³/mol. The van der Waals surface area contributed by atoms with Crippen LogP contribution in [0.15, 0.2) is 0 Å². The first-order valence-electron chi connectivity index (χ1n) is 7.20. The SMILES string of the molecule is COCCN1C[C@@]2(F)CN(S(=O)(=O)CC(C)C)C[C@@]2(F)C1=O. The van der Waals surface area contributed by atoms with Gasteiger partial charge in [-0.25, -0.2) is 17.2 Å². The lowest BCUT2D eigenvalue weighted by atomic mass is 9.93. The standard InChI is InChI=1S/C13H22F2N2O4S/c1-10(2)6-22(19,20)17-8-12(14)7-16(4-5-21-3)11(18)13(12,15)9-17/h10H,4-9H2,1-3H3/t12-,13-/m1/s1. The number of rotatable bonds is 6. The summed E-state index contributed by atoms with van der Waals surface area (Å²) in [6, 6.07) is 0. The van der Waals surface area contributed by atoms with Gasteiger partial charge in [-0.2, -0.15) is 4.31 Å². The molecule has 0 aliphatic carbocycles. The van der Waals surface area contributed by atoms with E-state index in [-0.39, 0.29) is 24.8 Å². The van der Waals surface area contributed by atoms with Crippen LogP contribution < -0.4 is 0 Å². The number of sulfonamides is 1. The van der Waals surface area contributed by atoms with Crippen LogP contribution in [0.25, 0.3) is 0 Å². The van der Waals surface area contributed by atoms with Crippen LogP contribution in [-0.4, -0.2) is 80.5 Å². The Bertz CT molecular complexity index is 556. The van der Waals surface area contributed by atoms with Gasteiger partial charge in [-0.3, -0.25) is 4.79 Å². The smallest absolute Gasteiger partial charge is 0.265 e. The zero-order valence-electron chi connectivity index (χ0n) is 13.0. The van der Waals surface area contributed by atoms with E-state index >= 15 is 0 Å². The molecule has 2 atom stereocenters. The summed E-state index contributed by atoms with van der Waals surface area (Å²) in [5.41, 5.74) is -5.30. The second-order valence-electron chi connectivity index (χ2n) is 6.43. The average molecular weight is 340 g/mol. The highest BCUT2D eigenvalue weighted by atomic mass is 32.2. The van der Waals surface area contributed by atoms with Crippen molar-refractivity contribution in [1.29, 1.82) is 0 Å². The number of carbonyl (C=O) groups excluding carboxylic acids is 1. The summed E-state index contributed by atoms with van der Waals surface area (Å²) in [4.78, 5) is 13.2. The van der Waals surface area contributed by atoms with Crippen molar-refractivity contribution in [2.24, 2.45) is 5.92 Å². The van der Waals surface area contributed by atoms with E-state index in [2.05, 4.69) is 0 Å². The van der Waals surface area contributed by atoms with Crippen LogP contribution in [0.3, 0.4) is 0 Å². The number of likely N-dealkylation sites (tertiary alicyclic amines) is 1. The van der Waals surface area contributed by atoms with Gasteiger partial charge in [0, 0.05) is 13.7 Å². The molecular formula is C13H22F2N2O4S. The predicted octanol–water partition coefficient (Wildman–Crippen LogP) is 0.193. The maximum atomic E-state index is 15.0. The highest BCUT2D eigenvalue weighted by Crippen LogP contribution is 2.46. The topological polar surface area (TPSA) is 66.9 Å². The molecular weight excluding hydrogens is 318 g/mol. The van der Waals surface area contributed by atoms with Crippen molar-refractivity contribution >= 4 is 15.9 Å². The van der Waals surface area contributed by atoms with E-state index in [0.29, 0.717) is 0 Å². The molecule has 0 aromatic heterocycles. The van der Waals surface area contributed by atoms with Crippen molar-refractivity contribution in [1.82, 2.24) is 9.21 Å². The molecule has 2 aliphatic rings. The molecule has 2 saturated heterocycles. The van der Waals surface area contributed by atoms with Crippen LogP contribution in [-0.2, 0) is 19.6 Å². The lowest BCUT2D eigenvalue weighted by molar-refractivity contribution is -0.139. The molecule has 0 unspecified atom stereocenters. The van der Waals surface area contributed by atoms with E-state index in [1.807, 2.05) is 0 Å². The second kappa shape index (κ2) is 5.68. The van der Waals surface area contributed by atoms with Gasteiger partial charge in [-0.05, 0) is 5.92 Å². The molecule has 0 saturated carbocycles. The number of nitrogens with zero attached hydrogens (tertiary/aromatic N) is 2. The second-order valence-corrected chi connectivity index (χ2v) is 8.44. The average Bonchev–Trinajstić information content (AvgIpc) is 2.75. The van der Waals surface area contributed by atoms with Gasteiger partial charge in [0.2, 0.25) is 15.7 Å². The van der Waals surface area contributed by atoms with E-state index in [0.717, 1.165) is 9.21 Å². The van der Waals surface area contributed by atoms with E-state index in [1.54, 1.807) is 13.8 Å². The first-order chi connectivity index (χ1) is 10.1. The number of halogens is 2. The van der Waals surface area contributed by atoms with Gasteiger partial charge in [0.1, 0.15) is 0 Å². The number of fused-ring (bicyclic) bond motifs is 1. The van der Waals surface area contributed by atoms with E-state index in [1.165, 1.54) is 7.11 Å². The van der Waals surface area contributed by atoms with Crippen molar-refractivity contribution in [2.75, 3.05) is 45.6 Å². The van der Waals surface area contributed by atoms with Crippen LogP contribution in [0, 0.1) is 5.92 Å². The van der Waals surface area contributed by atoms with Gasteiger partial charge in [0.05, 0.1) is 32.0 Å². The molecule has 0 N–H and O–H groups in total. The minimum atomic E-state index is -3.78. The van der Waals surface area contributed by atoms with E-state index in [9.17, 15) is 22.0 Å². The molecule has 2 aliphatic heterocycles. The van der Waals surface area contributed by atoms with Crippen molar-refractivity contribution < 1.29 is 26.7 Å². The third-order valence-electron chi connectivity index (χ3n) is 4.10. The first-order valence-corrected chi connectivity index (χ1v) is 8.80. The van der Waals surface area contributed by atoms with E-state index < -0.39 is 46.9 Å². The van der Waals surface area contributed by atoms with Gasteiger partial charge in [-0.1, -0.05) is 13.8 Å². The molecule has 0 aromatic carbocycles. The van der Waals surface area contributed by atoms with Crippen molar-refractivity contribution in [3.05, 3.63) is 0 Å². The summed E-state index contributed by atoms with van der Waals surface area (Å²) >= 11 is 0. The summed E-state index contributed by atoms with van der Waals surface area (Å²) in [6.45, 7) is 1.87. The molecule has 0 radical (unpaired) electrons. The van der Waals surface area contributed by atoms with E-state index in [4.69, 9.17) is 4.74 Å². The lowest BCUT2D eigenvalue weighted by Crippen LogP contribution is -2.47. The molecule has 1 amide bonds. The quantitative estimate of drug-likeness (QED) is 0.692. The number of alkyl halides is 2. The van der Waals surface area contributed by atoms with Crippen molar-refractivity contribution in [3.63, 3.8) is 0 Å². The molecule has 9 heteroatoms. The third-order valence-corrected chi connectivity index (χ3v) is 6.23. The van der Waals surface area contributed by atoms with Crippen LogP contribution in [0.5, 0.6) is 0 Å². The van der Waals surface area contributed by atoms with Crippen LogP contribution in [0.4, 0.5) is 8.78 Å². The Balaban J connectivity index is 2.19. The zero-order chi connectivity index (χ0) is 16.8. The van der Waals surface area contributed by atoms with Crippen LogP contribution in [0.1, 0.15) is 13.8 Å². The molecule has 2 fully saturated rings. The monoisotopic (exact) mass is 340 g/mol. The number of hydrogen-bond acceptors (Lipinski definition) is 4. The lowest BCUT2D eigenvalue weighted by Gasteiger charge is -2.22. The fourth-order valence-corrected chi connectivity index (χ4v) is 4.84. The number of amides is 1. The fraction of sp³-hybridized carbons (Fsp3) is 0.923. The Morgan fingerprint density at radius 2 is 1.91 bits per heavy atom. The van der Waals surface area contributed by atoms with Crippen molar-refractivity contribution in [2.45, 2.75) is 25.2 Å². The summed E-state index contributed by atoms with van der Waals surface area (Å²) in [6.07, 6.45) is 0. The summed E-state index contributed by atoms with van der Waals surface area (Å²) in [7, 11) is -2.35. The Kier molecular flexibility index (Phi) is 4.53. The fourth-order valence-electron chi connectivity index (χ4n) is 3.01. The molecule has 128 valence electrons. The summed E-state index contributed by atoms with van der Waals surface area (Å²) in [5.74, 6) is -1.35. The van der Waals surface area contributed by atoms with Crippen LogP contribution in [0.2, 0.25) is 0 Å². The molecule has 0 bridgehead atoms. The number of ether oxygens (including phenoxy) is 1. The Hall–Kier alpha value is -0.800. The van der Waals surface area contributed by atoms with Gasteiger partial charge in [0.15, 0.2) is 5.67 Å². The molecule has 2 heterocycles. The normalized spacial score (nSPS) is 33.0. The minimum Gasteiger partial charge on any atom is -0.383 e. The van der Waals surface area contributed by atoms with Crippen molar-refractivity contribution in [3.8, 4) is 0 Å². The minimum absolute atomic E-state index is 0.0887. The third kappa shape index (κ3) is 2.74. The van der Waals surface area contributed by atoms with Gasteiger partial charge < -0.3 is 9.64 Å². The zero-order valence-corrected chi connectivity index (χ0v) is 13.8. The Morgan fingerprint density at radius 1 is 1.27 bits per heavy atom. The number of hydrogen-bond donors (Lipinski definition) is 0. The molecule has 0 spiro atoms. The summed E-state index contributed by atoms with van der Waals surface area (Å²) in [5, 5.41) is 0. The molecule has 2 rings (SSSR count). The van der Waals surface area contributed by atoms with Crippen LogP contribution >= 0.6 is 0 Å². The molecule has 0 aromatic rings. The Morgan fingerprint density at radius 3 is 2.41 bits per heavy atom. The van der Waals surface area contributed by atoms with Gasteiger partial charge in [0.25, 0.3) is 5.91 Å². The van der Waals surface area contributed by atoms with Gasteiger partial charge in [-0.15, -0.1) is 0 Å². The Labute approximate surface area is 129 Å². The molecule has 22 heavy (non-hydrogen) atoms. The largest absolute Gasteiger partial charge is 0.383 e.